The number of carboxylic acids is 1. The predicted molar refractivity (Wildman–Crippen MR) is 75.9 cm³/mol. The Hall–Kier alpha value is -1.14. The second-order valence-corrected chi connectivity index (χ2v) is 5.89. The van der Waals surface area contributed by atoms with Crippen LogP contribution in [0.2, 0.25) is 0 Å². The first-order chi connectivity index (χ1) is 10.2. The molecule has 120 valence electrons. The monoisotopic (exact) mass is 299 g/mol. The minimum Gasteiger partial charge on any atom is -0.480 e. The maximum atomic E-state index is 12.0. The quantitative estimate of drug-likeness (QED) is 0.773. The molecule has 0 radical (unpaired) electrons. The van der Waals surface area contributed by atoms with Crippen molar-refractivity contribution in [2.45, 2.75) is 57.1 Å². The smallest absolute Gasteiger partial charge is 0.326 e. The van der Waals surface area contributed by atoms with Gasteiger partial charge in [0.2, 0.25) is 5.91 Å². The molecule has 2 N–H and O–H groups in total. The van der Waals surface area contributed by atoms with Crippen molar-refractivity contribution < 1.29 is 24.2 Å². The first-order valence-electron chi connectivity index (χ1n) is 7.88. The highest BCUT2D eigenvalue weighted by Crippen LogP contribution is 2.19. The zero-order valence-corrected chi connectivity index (χ0v) is 12.4. The van der Waals surface area contributed by atoms with Crippen molar-refractivity contribution in [2.24, 2.45) is 5.92 Å². The minimum atomic E-state index is -0.979. The van der Waals surface area contributed by atoms with Crippen LogP contribution < -0.4 is 5.32 Å². The maximum absolute atomic E-state index is 12.0. The lowest BCUT2D eigenvalue weighted by Gasteiger charge is -2.28. The van der Waals surface area contributed by atoms with E-state index in [0.29, 0.717) is 26.1 Å². The van der Waals surface area contributed by atoms with Crippen LogP contribution in [0.4, 0.5) is 0 Å². The van der Waals surface area contributed by atoms with Crippen molar-refractivity contribution >= 4 is 11.9 Å². The molecule has 2 rings (SSSR count). The van der Waals surface area contributed by atoms with Crippen LogP contribution in [0, 0.1) is 5.92 Å². The van der Waals surface area contributed by atoms with E-state index in [-0.39, 0.29) is 17.9 Å². The molecule has 0 spiro atoms. The lowest BCUT2D eigenvalue weighted by molar-refractivity contribution is -0.145. The second-order valence-electron chi connectivity index (χ2n) is 5.89. The summed E-state index contributed by atoms with van der Waals surface area (Å²) < 4.78 is 10.9. The Kier molecular flexibility index (Phi) is 6.45. The van der Waals surface area contributed by atoms with E-state index in [1.54, 1.807) is 0 Å². The first kappa shape index (κ1) is 16.2. The molecule has 2 saturated heterocycles. The molecule has 2 aliphatic heterocycles. The van der Waals surface area contributed by atoms with Gasteiger partial charge in [0, 0.05) is 25.6 Å². The summed E-state index contributed by atoms with van der Waals surface area (Å²) in [6.07, 6.45) is 5.98. The van der Waals surface area contributed by atoms with Gasteiger partial charge in [0.1, 0.15) is 6.04 Å². The van der Waals surface area contributed by atoms with Crippen LogP contribution in [-0.2, 0) is 19.1 Å². The Bertz CT molecular complexity index is 348. The van der Waals surface area contributed by atoms with Crippen LogP contribution in [-0.4, -0.2) is 48.9 Å². The summed E-state index contributed by atoms with van der Waals surface area (Å²) >= 11 is 0. The third-order valence-corrected chi connectivity index (χ3v) is 4.22. The molecule has 0 aromatic carbocycles. The van der Waals surface area contributed by atoms with E-state index < -0.39 is 12.0 Å². The van der Waals surface area contributed by atoms with Crippen LogP contribution in [0.5, 0.6) is 0 Å². The molecule has 0 aliphatic carbocycles. The summed E-state index contributed by atoms with van der Waals surface area (Å²) in [6.45, 7) is 1.85. The fourth-order valence-electron chi connectivity index (χ4n) is 2.98. The topological polar surface area (TPSA) is 84.9 Å². The van der Waals surface area contributed by atoms with E-state index in [1.807, 2.05) is 0 Å². The maximum Gasteiger partial charge on any atom is 0.326 e. The number of aliphatic carboxylic acids is 1. The van der Waals surface area contributed by atoms with Crippen LogP contribution in [0.15, 0.2) is 0 Å². The lowest BCUT2D eigenvalue weighted by Crippen LogP contribution is -2.48. The van der Waals surface area contributed by atoms with Gasteiger partial charge in [-0.05, 0) is 38.5 Å². The largest absolute Gasteiger partial charge is 0.480 e. The normalized spacial score (nSPS) is 27.8. The molecule has 2 aliphatic rings. The van der Waals surface area contributed by atoms with Gasteiger partial charge in [0.25, 0.3) is 0 Å². The third kappa shape index (κ3) is 5.28. The van der Waals surface area contributed by atoms with Crippen LogP contribution in [0.25, 0.3) is 0 Å². The standard InChI is InChI=1S/C15H25NO5/c17-13(7-6-12-5-1-2-9-21-12)16-14(15(18)19)11-4-3-8-20-10-11/h11-12,14H,1-10H2,(H,16,17)(H,18,19). The van der Waals surface area contributed by atoms with Gasteiger partial charge in [-0.25, -0.2) is 4.79 Å². The molecular formula is C15H25NO5. The molecular weight excluding hydrogens is 274 g/mol. The SMILES string of the molecule is O=C(CCC1CCCCO1)NC(C(=O)O)C1CCCOC1. The Morgan fingerprint density at radius 1 is 1.19 bits per heavy atom. The molecule has 6 nitrogen and oxygen atoms in total. The Morgan fingerprint density at radius 2 is 2.05 bits per heavy atom. The Balaban J connectivity index is 1.76. The molecule has 3 unspecified atom stereocenters. The highest BCUT2D eigenvalue weighted by Gasteiger charge is 2.31. The number of hydrogen-bond acceptors (Lipinski definition) is 4. The van der Waals surface area contributed by atoms with Crippen LogP contribution in [0.3, 0.4) is 0 Å². The second kappa shape index (κ2) is 8.34. The number of carbonyl (C=O) groups excluding carboxylic acids is 1. The number of carboxylic acid groups (broad SMARTS) is 1. The highest BCUT2D eigenvalue weighted by molar-refractivity contribution is 5.83. The van der Waals surface area contributed by atoms with Gasteiger partial charge in [0.15, 0.2) is 0 Å². The molecule has 2 fully saturated rings. The molecule has 0 bridgehead atoms. The number of rotatable bonds is 6. The van der Waals surface area contributed by atoms with Crippen molar-refractivity contribution in [2.75, 3.05) is 19.8 Å². The molecule has 0 saturated carbocycles. The van der Waals surface area contributed by atoms with Gasteiger partial charge in [-0.15, -0.1) is 0 Å². The molecule has 3 atom stereocenters. The number of nitrogens with one attached hydrogen (secondary N) is 1. The summed E-state index contributed by atoms with van der Waals surface area (Å²) in [4.78, 5) is 23.3. The Labute approximate surface area is 125 Å². The van der Waals surface area contributed by atoms with Crippen LogP contribution in [0.1, 0.15) is 44.9 Å². The van der Waals surface area contributed by atoms with E-state index >= 15 is 0 Å². The number of amides is 1. The van der Waals surface area contributed by atoms with Gasteiger partial charge in [-0.3, -0.25) is 4.79 Å². The lowest BCUT2D eigenvalue weighted by atomic mass is 9.93. The third-order valence-electron chi connectivity index (χ3n) is 4.22. The number of ether oxygens (including phenoxy) is 2. The van der Waals surface area contributed by atoms with Crippen molar-refractivity contribution in [3.05, 3.63) is 0 Å². The summed E-state index contributed by atoms with van der Waals surface area (Å²) in [5.74, 6) is -1.32. The molecule has 0 aromatic heterocycles. The van der Waals surface area contributed by atoms with Crippen molar-refractivity contribution in [1.29, 1.82) is 0 Å². The van der Waals surface area contributed by atoms with Gasteiger partial charge < -0.3 is 19.9 Å². The molecule has 1 amide bonds. The number of carbonyl (C=O) groups is 2. The summed E-state index contributed by atoms with van der Waals surface area (Å²) in [5.41, 5.74) is 0. The predicted octanol–water partition coefficient (Wildman–Crippen LogP) is 1.33. The average molecular weight is 299 g/mol. The molecule has 0 aromatic rings. The molecule has 6 heteroatoms. The first-order valence-corrected chi connectivity index (χ1v) is 7.88. The van der Waals surface area contributed by atoms with E-state index in [4.69, 9.17) is 9.47 Å². The summed E-state index contributed by atoms with van der Waals surface area (Å²) in [7, 11) is 0. The van der Waals surface area contributed by atoms with Gasteiger partial charge in [0.05, 0.1) is 12.7 Å². The minimum absolute atomic E-state index is 0.133. The Morgan fingerprint density at radius 3 is 2.67 bits per heavy atom. The number of hydrogen-bond donors (Lipinski definition) is 2. The van der Waals surface area contributed by atoms with Crippen molar-refractivity contribution in [3.63, 3.8) is 0 Å². The van der Waals surface area contributed by atoms with Crippen molar-refractivity contribution in [3.8, 4) is 0 Å². The van der Waals surface area contributed by atoms with Crippen LogP contribution >= 0.6 is 0 Å². The van der Waals surface area contributed by atoms with E-state index in [1.165, 1.54) is 0 Å². The zero-order valence-electron chi connectivity index (χ0n) is 12.4. The van der Waals surface area contributed by atoms with E-state index in [2.05, 4.69) is 5.32 Å². The van der Waals surface area contributed by atoms with Gasteiger partial charge in [-0.2, -0.15) is 0 Å². The fraction of sp³-hybridized carbons (Fsp3) is 0.867. The van der Waals surface area contributed by atoms with E-state index in [9.17, 15) is 14.7 Å². The van der Waals surface area contributed by atoms with Crippen molar-refractivity contribution in [1.82, 2.24) is 5.32 Å². The molecule has 21 heavy (non-hydrogen) atoms. The summed E-state index contributed by atoms with van der Waals surface area (Å²) in [5, 5.41) is 11.9. The zero-order chi connectivity index (χ0) is 15.1. The average Bonchev–Trinajstić information content (AvgIpc) is 2.52. The van der Waals surface area contributed by atoms with E-state index in [0.717, 1.165) is 38.7 Å². The highest BCUT2D eigenvalue weighted by atomic mass is 16.5. The molecule has 2 heterocycles. The summed E-state index contributed by atoms with van der Waals surface area (Å²) in [6, 6.07) is -0.843. The van der Waals surface area contributed by atoms with Gasteiger partial charge in [-0.1, -0.05) is 0 Å². The van der Waals surface area contributed by atoms with Gasteiger partial charge >= 0.3 is 5.97 Å². The fourth-order valence-corrected chi connectivity index (χ4v) is 2.98.